The number of nitrogens with one attached hydrogen (secondary N) is 1. The Morgan fingerprint density at radius 1 is 1.38 bits per heavy atom. The van der Waals surface area contributed by atoms with Gasteiger partial charge in [-0.3, -0.25) is 5.43 Å². The maximum atomic E-state index is 9.30. The highest BCUT2D eigenvalue weighted by Gasteiger charge is 2.10. The quantitative estimate of drug-likeness (QED) is 0.675. The Balaban J connectivity index is 2.23. The number of nitriles is 1. The van der Waals surface area contributed by atoms with E-state index >= 15 is 0 Å². The number of aromatic nitrogens is 1. The van der Waals surface area contributed by atoms with Gasteiger partial charge in [0.15, 0.2) is 5.82 Å². The lowest BCUT2D eigenvalue weighted by Crippen LogP contribution is -2.03. The highest BCUT2D eigenvalue weighted by molar-refractivity contribution is 5.80. The lowest BCUT2D eigenvalue weighted by Gasteiger charge is -2.09. The first-order chi connectivity index (χ1) is 10.2. The first-order valence-corrected chi connectivity index (χ1v) is 6.48. The van der Waals surface area contributed by atoms with E-state index in [0.717, 1.165) is 16.8 Å². The van der Waals surface area contributed by atoms with Crippen molar-refractivity contribution in [2.24, 2.45) is 5.10 Å². The summed E-state index contributed by atoms with van der Waals surface area (Å²) in [7, 11) is 1.59. The van der Waals surface area contributed by atoms with Gasteiger partial charge in [0.25, 0.3) is 0 Å². The lowest BCUT2D eigenvalue weighted by atomic mass is 10.1. The van der Waals surface area contributed by atoms with E-state index in [1.807, 2.05) is 43.3 Å². The second-order valence-corrected chi connectivity index (χ2v) is 4.47. The average molecular weight is 280 g/mol. The van der Waals surface area contributed by atoms with Crippen molar-refractivity contribution >= 4 is 12.0 Å². The molecule has 0 radical (unpaired) electrons. The maximum Gasteiger partial charge on any atom is 0.164 e. The molecule has 106 valence electrons. The zero-order valence-electron chi connectivity index (χ0n) is 12.0. The molecule has 0 bridgehead atoms. The Labute approximate surface area is 123 Å². The van der Waals surface area contributed by atoms with Gasteiger partial charge in [-0.2, -0.15) is 10.4 Å². The molecule has 0 fully saturated rings. The van der Waals surface area contributed by atoms with Gasteiger partial charge >= 0.3 is 0 Å². The zero-order chi connectivity index (χ0) is 15.1. The number of ether oxygens (including phenoxy) is 1. The molecule has 5 nitrogen and oxygen atoms in total. The fraction of sp³-hybridized carbons (Fsp3) is 0.188. The van der Waals surface area contributed by atoms with Gasteiger partial charge in [0.2, 0.25) is 0 Å². The third-order valence-electron chi connectivity index (χ3n) is 2.82. The van der Waals surface area contributed by atoms with Crippen LogP contribution in [0.5, 0.6) is 0 Å². The van der Waals surface area contributed by atoms with Crippen LogP contribution >= 0.6 is 0 Å². The number of nitrogens with zero attached hydrogens (tertiary/aromatic N) is 3. The van der Waals surface area contributed by atoms with Crippen LogP contribution in [0.3, 0.4) is 0 Å². The molecule has 1 heterocycles. The molecule has 1 N–H and O–H groups in total. The van der Waals surface area contributed by atoms with Crippen molar-refractivity contribution in [2.45, 2.75) is 13.5 Å². The summed E-state index contributed by atoms with van der Waals surface area (Å²) >= 11 is 0. The summed E-state index contributed by atoms with van der Waals surface area (Å²) in [5.41, 5.74) is 5.85. The Morgan fingerprint density at radius 2 is 2.14 bits per heavy atom. The van der Waals surface area contributed by atoms with Gasteiger partial charge in [0.05, 0.1) is 12.8 Å². The number of benzene rings is 1. The summed E-state index contributed by atoms with van der Waals surface area (Å²) in [6.45, 7) is 2.23. The van der Waals surface area contributed by atoms with Crippen LogP contribution in [0, 0.1) is 18.3 Å². The van der Waals surface area contributed by atoms with E-state index in [4.69, 9.17) is 4.74 Å². The van der Waals surface area contributed by atoms with Gasteiger partial charge in [-0.1, -0.05) is 30.3 Å². The standard InChI is InChI=1S/C16H16N4O/c1-12-8-14(11-21-2)15(9-17)16(19-12)20-18-10-13-6-4-3-5-7-13/h3-8,10H,11H2,1-2H3,(H,19,20)/b18-10-. The molecule has 0 spiro atoms. The fourth-order valence-electron chi connectivity index (χ4n) is 1.92. The first-order valence-electron chi connectivity index (χ1n) is 6.48. The van der Waals surface area contributed by atoms with Crippen molar-refractivity contribution in [3.63, 3.8) is 0 Å². The van der Waals surface area contributed by atoms with Gasteiger partial charge in [0, 0.05) is 18.4 Å². The monoisotopic (exact) mass is 280 g/mol. The van der Waals surface area contributed by atoms with E-state index < -0.39 is 0 Å². The van der Waals surface area contributed by atoms with E-state index in [-0.39, 0.29) is 0 Å². The van der Waals surface area contributed by atoms with Gasteiger partial charge in [-0.15, -0.1) is 0 Å². The highest BCUT2D eigenvalue weighted by Crippen LogP contribution is 2.19. The van der Waals surface area contributed by atoms with Crippen LogP contribution in [0.15, 0.2) is 41.5 Å². The summed E-state index contributed by atoms with van der Waals surface area (Å²) in [5.74, 6) is 0.441. The van der Waals surface area contributed by atoms with E-state index in [0.29, 0.717) is 18.0 Å². The van der Waals surface area contributed by atoms with Gasteiger partial charge < -0.3 is 4.74 Å². The van der Waals surface area contributed by atoms with Gasteiger partial charge in [0.1, 0.15) is 11.6 Å². The van der Waals surface area contributed by atoms with Crippen molar-refractivity contribution in [2.75, 3.05) is 12.5 Å². The molecule has 0 saturated carbocycles. The molecule has 5 heteroatoms. The Bertz CT molecular complexity index is 675. The SMILES string of the molecule is COCc1cc(C)nc(N/N=C\c2ccccc2)c1C#N. The molecular weight excluding hydrogens is 264 g/mol. The molecule has 0 aliphatic carbocycles. The van der Waals surface area contributed by atoms with Crippen molar-refractivity contribution in [3.05, 3.63) is 58.8 Å². The van der Waals surface area contributed by atoms with Crippen LogP contribution in [-0.2, 0) is 11.3 Å². The van der Waals surface area contributed by atoms with Crippen molar-refractivity contribution in [1.29, 1.82) is 5.26 Å². The molecule has 0 aliphatic rings. The molecule has 0 atom stereocenters. The molecule has 1 aromatic carbocycles. The number of rotatable bonds is 5. The molecule has 21 heavy (non-hydrogen) atoms. The number of anilines is 1. The molecule has 1 aromatic heterocycles. The van der Waals surface area contributed by atoms with Crippen LogP contribution in [0.1, 0.15) is 22.4 Å². The highest BCUT2D eigenvalue weighted by atomic mass is 16.5. The second kappa shape index (κ2) is 7.17. The van der Waals surface area contributed by atoms with Crippen LogP contribution in [0.2, 0.25) is 0 Å². The summed E-state index contributed by atoms with van der Waals surface area (Å²) in [6, 6.07) is 13.7. The topological polar surface area (TPSA) is 70.3 Å². The smallest absolute Gasteiger partial charge is 0.164 e. The zero-order valence-corrected chi connectivity index (χ0v) is 12.0. The maximum absolute atomic E-state index is 9.30. The predicted octanol–water partition coefficient (Wildman–Crippen LogP) is 2.85. The fourth-order valence-corrected chi connectivity index (χ4v) is 1.92. The van der Waals surface area contributed by atoms with Crippen LogP contribution in [0.25, 0.3) is 0 Å². The normalized spacial score (nSPS) is 10.5. The molecule has 0 unspecified atom stereocenters. The predicted molar refractivity (Wildman–Crippen MR) is 82.1 cm³/mol. The first kappa shape index (κ1) is 14.7. The number of hydrogen-bond donors (Lipinski definition) is 1. The summed E-state index contributed by atoms with van der Waals surface area (Å²) in [6.07, 6.45) is 1.68. The Hall–Kier alpha value is -2.71. The minimum Gasteiger partial charge on any atom is -0.380 e. The number of methoxy groups -OCH3 is 1. The lowest BCUT2D eigenvalue weighted by molar-refractivity contribution is 0.184. The summed E-state index contributed by atoms with van der Waals surface area (Å²) in [5, 5.41) is 13.4. The molecule has 0 aliphatic heterocycles. The van der Waals surface area contributed by atoms with E-state index in [1.165, 1.54) is 0 Å². The molecule has 0 saturated heterocycles. The largest absolute Gasteiger partial charge is 0.380 e. The van der Waals surface area contributed by atoms with Crippen LogP contribution in [-0.4, -0.2) is 18.3 Å². The minimum absolute atomic E-state index is 0.364. The number of aryl methyl sites for hydroxylation is 1. The Morgan fingerprint density at radius 3 is 2.81 bits per heavy atom. The number of hydrogen-bond acceptors (Lipinski definition) is 5. The molecular formula is C16H16N4O. The van der Waals surface area contributed by atoms with E-state index in [1.54, 1.807) is 13.3 Å². The Kier molecular flexibility index (Phi) is 5.02. The third-order valence-corrected chi connectivity index (χ3v) is 2.82. The summed E-state index contributed by atoms with van der Waals surface area (Å²) in [4.78, 5) is 4.32. The molecule has 0 amide bonds. The molecule has 2 rings (SSSR count). The van der Waals surface area contributed by atoms with E-state index in [9.17, 15) is 5.26 Å². The third kappa shape index (κ3) is 3.88. The van der Waals surface area contributed by atoms with Crippen LogP contribution < -0.4 is 5.43 Å². The summed E-state index contributed by atoms with van der Waals surface area (Å²) < 4.78 is 5.11. The van der Waals surface area contributed by atoms with Gasteiger partial charge in [-0.25, -0.2) is 4.98 Å². The average Bonchev–Trinajstić information content (AvgIpc) is 2.48. The van der Waals surface area contributed by atoms with Crippen molar-refractivity contribution in [3.8, 4) is 6.07 Å². The van der Waals surface area contributed by atoms with Crippen molar-refractivity contribution < 1.29 is 4.74 Å². The number of hydrazone groups is 1. The van der Waals surface area contributed by atoms with E-state index in [2.05, 4.69) is 21.6 Å². The minimum atomic E-state index is 0.364. The van der Waals surface area contributed by atoms with Gasteiger partial charge in [-0.05, 0) is 18.6 Å². The second-order valence-electron chi connectivity index (χ2n) is 4.47. The van der Waals surface area contributed by atoms with Crippen LogP contribution in [0.4, 0.5) is 5.82 Å². The number of pyridine rings is 1. The van der Waals surface area contributed by atoms with Crippen molar-refractivity contribution in [1.82, 2.24) is 4.98 Å². The molecule has 2 aromatic rings.